The Bertz CT molecular complexity index is 513. The number of carbonyl (C=O) groups is 1. The SMILES string of the molecule is CCCn1c(SCCCCC(C)(NC)C(N)=O)n[nH]c1=O. The predicted molar refractivity (Wildman–Crippen MR) is 84.4 cm³/mol. The van der Waals surface area contributed by atoms with Crippen molar-refractivity contribution in [2.75, 3.05) is 12.8 Å². The van der Waals surface area contributed by atoms with Crippen molar-refractivity contribution >= 4 is 17.7 Å². The molecule has 0 spiro atoms. The Labute approximate surface area is 129 Å². The minimum Gasteiger partial charge on any atom is -0.368 e. The molecule has 120 valence electrons. The first-order chi connectivity index (χ1) is 9.94. The molecule has 0 saturated carbocycles. The molecule has 0 aliphatic heterocycles. The number of thioether (sulfide) groups is 1. The molecule has 0 fully saturated rings. The minimum absolute atomic E-state index is 0.157. The second-order valence-electron chi connectivity index (χ2n) is 5.21. The quantitative estimate of drug-likeness (QED) is 0.435. The zero-order valence-electron chi connectivity index (χ0n) is 12.9. The van der Waals surface area contributed by atoms with E-state index in [2.05, 4.69) is 15.5 Å². The van der Waals surface area contributed by atoms with Crippen LogP contribution in [0, 0.1) is 0 Å². The van der Waals surface area contributed by atoms with Crippen LogP contribution in [0.25, 0.3) is 0 Å². The molecule has 1 rings (SSSR count). The molecular weight excluding hydrogens is 290 g/mol. The minimum atomic E-state index is -0.651. The van der Waals surface area contributed by atoms with Crippen molar-refractivity contribution in [3.63, 3.8) is 0 Å². The highest BCUT2D eigenvalue weighted by atomic mass is 32.2. The number of aromatic amines is 1. The van der Waals surface area contributed by atoms with Gasteiger partial charge >= 0.3 is 5.69 Å². The molecule has 4 N–H and O–H groups in total. The number of aromatic nitrogens is 3. The lowest BCUT2D eigenvalue weighted by Crippen LogP contribution is -2.51. The third-order valence-electron chi connectivity index (χ3n) is 3.57. The van der Waals surface area contributed by atoms with Crippen molar-refractivity contribution < 1.29 is 4.79 Å². The molecule has 1 aromatic heterocycles. The summed E-state index contributed by atoms with van der Waals surface area (Å²) in [6.45, 7) is 4.52. The molecule has 0 radical (unpaired) electrons. The molecule has 7 nitrogen and oxygen atoms in total. The number of nitrogens with one attached hydrogen (secondary N) is 2. The van der Waals surface area contributed by atoms with Gasteiger partial charge in [-0.05, 0) is 33.2 Å². The number of rotatable bonds is 10. The van der Waals surface area contributed by atoms with E-state index in [4.69, 9.17) is 5.73 Å². The van der Waals surface area contributed by atoms with E-state index in [0.717, 1.165) is 30.2 Å². The molecule has 1 unspecified atom stereocenters. The zero-order valence-corrected chi connectivity index (χ0v) is 13.8. The summed E-state index contributed by atoms with van der Waals surface area (Å²) in [5.41, 5.74) is 4.58. The van der Waals surface area contributed by atoms with Crippen LogP contribution in [0.2, 0.25) is 0 Å². The van der Waals surface area contributed by atoms with Gasteiger partial charge < -0.3 is 11.1 Å². The van der Waals surface area contributed by atoms with Gasteiger partial charge in [-0.3, -0.25) is 9.36 Å². The smallest absolute Gasteiger partial charge is 0.343 e. The molecule has 0 aliphatic rings. The molecular formula is C13H25N5O2S. The Morgan fingerprint density at radius 2 is 2.24 bits per heavy atom. The molecule has 0 aromatic carbocycles. The molecule has 0 bridgehead atoms. The van der Waals surface area contributed by atoms with Crippen LogP contribution in [0.1, 0.15) is 39.5 Å². The fraction of sp³-hybridized carbons (Fsp3) is 0.769. The zero-order chi connectivity index (χ0) is 15.9. The van der Waals surface area contributed by atoms with Gasteiger partial charge in [0, 0.05) is 12.3 Å². The Kier molecular flexibility index (Phi) is 6.97. The first-order valence-corrected chi connectivity index (χ1v) is 8.20. The van der Waals surface area contributed by atoms with E-state index in [1.807, 2.05) is 13.8 Å². The van der Waals surface area contributed by atoms with E-state index in [1.54, 1.807) is 23.4 Å². The maximum absolute atomic E-state index is 11.5. The lowest BCUT2D eigenvalue weighted by molar-refractivity contribution is -0.123. The Hall–Kier alpha value is -1.28. The summed E-state index contributed by atoms with van der Waals surface area (Å²) in [5.74, 6) is 0.522. The van der Waals surface area contributed by atoms with Crippen LogP contribution in [-0.4, -0.2) is 39.0 Å². The van der Waals surface area contributed by atoms with Crippen LogP contribution in [0.5, 0.6) is 0 Å². The largest absolute Gasteiger partial charge is 0.368 e. The highest BCUT2D eigenvalue weighted by Gasteiger charge is 2.27. The molecule has 1 atom stereocenters. The number of hydrogen-bond donors (Lipinski definition) is 3. The van der Waals surface area contributed by atoms with E-state index in [0.29, 0.717) is 13.0 Å². The van der Waals surface area contributed by atoms with Gasteiger partial charge in [0.1, 0.15) is 0 Å². The second kappa shape index (κ2) is 8.23. The van der Waals surface area contributed by atoms with Crippen LogP contribution in [0.3, 0.4) is 0 Å². The van der Waals surface area contributed by atoms with E-state index >= 15 is 0 Å². The van der Waals surface area contributed by atoms with Crippen LogP contribution in [-0.2, 0) is 11.3 Å². The summed E-state index contributed by atoms with van der Waals surface area (Å²) in [7, 11) is 1.74. The molecule has 1 aromatic rings. The number of unbranched alkanes of at least 4 members (excludes halogenated alkanes) is 1. The number of likely N-dealkylation sites (N-methyl/N-ethyl adjacent to an activating group) is 1. The molecule has 1 heterocycles. The summed E-state index contributed by atoms with van der Waals surface area (Å²) in [4.78, 5) is 22.9. The third-order valence-corrected chi connectivity index (χ3v) is 4.63. The predicted octanol–water partition coefficient (Wildman–Crippen LogP) is 0.707. The molecule has 21 heavy (non-hydrogen) atoms. The number of hydrogen-bond acceptors (Lipinski definition) is 5. The normalized spacial score (nSPS) is 14.0. The topological polar surface area (TPSA) is 106 Å². The highest BCUT2D eigenvalue weighted by molar-refractivity contribution is 7.99. The van der Waals surface area contributed by atoms with Crippen LogP contribution in [0.15, 0.2) is 9.95 Å². The Balaban J connectivity index is 2.38. The molecule has 0 aliphatic carbocycles. The molecule has 1 amide bonds. The lowest BCUT2D eigenvalue weighted by Gasteiger charge is -2.25. The maximum atomic E-state index is 11.5. The van der Waals surface area contributed by atoms with Crippen LogP contribution < -0.4 is 16.7 Å². The summed E-state index contributed by atoms with van der Waals surface area (Å²) in [5, 5.41) is 10.2. The van der Waals surface area contributed by atoms with Gasteiger partial charge in [0.15, 0.2) is 5.16 Å². The Morgan fingerprint density at radius 1 is 1.52 bits per heavy atom. The third kappa shape index (κ3) is 4.89. The van der Waals surface area contributed by atoms with E-state index in [9.17, 15) is 9.59 Å². The van der Waals surface area contributed by atoms with Crippen molar-refractivity contribution in [1.82, 2.24) is 20.1 Å². The van der Waals surface area contributed by atoms with Gasteiger partial charge in [-0.25, -0.2) is 9.89 Å². The summed E-state index contributed by atoms with van der Waals surface area (Å²) >= 11 is 1.56. The van der Waals surface area contributed by atoms with E-state index < -0.39 is 5.54 Å². The van der Waals surface area contributed by atoms with E-state index in [-0.39, 0.29) is 11.6 Å². The summed E-state index contributed by atoms with van der Waals surface area (Å²) in [6.07, 6.45) is 3.41. The van der Waals surface area contributed by atoms with Crippen molar-refractivity contribution in [3.8, 4) is 0 Å². The number of nitrogens with zero attached hydrogens (tertiary/aromatic N) is 2. The highest BCUT2D eigenvalue weighted by Crippen LogP contribution is 2.18. The van der Waals surface area contributed by atoms with Crippen LogP contribution in [0.4, 0.5) is 0 Å². The van der Waals surface area contributed by atoms with Gasteiger partial charge in [-0.15, -0.1) is 5.10 Å². The van der Waals surface area contributed by atoms with Gasteiger partial charge in [0.2, 0.25) is 5.91 Å². The number of H-pyrrole nitrogens is 1. The fourth-order valence-electron chi connectivity index (χ4n) is 1.95. The van der Waals surface area contributed by atoms with Crippen LogP contribution >= 0.6 is 11.8 Å². The van der Waals surface area contributed by atoms with Crippen molar-refractivity contribution in [3.05, 3.63) is 10.5 Å². The first kappa shape index (κ1) is 17.8. The Morgan fingerprint density at radius 3 is 2.81 bits per heavy atom. The fourth-order valence-corrected chi connectivity index (χ4v) is 2.92. The molecule has 0 saturated heterocycles. The second-order valence-corrected chi connectivity index (χ2v) is 6.28. The summed E-state index contributed by atoms with van der Waals surface area (Å²) in [6, 6.07) is 0. The first-order valence-electron chi connectivity index (χ1n) is 7.21. The summed E-state index contributed by atoms with van der Waals surface area (Å²) < 4.78 is 1.66. The monoisotopic (exact) mass is 315 g/mol. The molecule has 8 heteroatoms. The average molecular weight is 315 g/mol. The van der Waals surface area contributed by atoms with Gasteiger partial charge in [0.25, 0.3) is 0 Å². The van der Waals surface area contributed by atoms with Crippen molar-refractivity contribution in [1.29, 1.82) is 0 Å². The number of primary amides is 1. The van der Waals surface area contributed by atoms with Crippen molar-refractivity contribution in [2.24, 2.45) is 5.73 Å². The number of carbonyl (C=O) groups excluding carboxylic acids is 1. The van der Waals surface area contributed by atoms with E-state index in [1.165, 1.54) is 0 Å². The van der Waals surface area contributed by atoms with Gasteiger partial charge in [-0.1, -0.05) is 25.1 Å². The number of amides is 1. The average Bonchev–Trinajstić information content (AvgIpc) is 2.80. The van der Waals surface area contributed by atoms with Crippen molar-refractivity contribution in [2.45, 2.75) is 56.8 Å². The van der Waals surface area contributed by atoms with Gasteiger partial charge in [0.05, 0.1) is 5.54 Å². The van der Waals surface area contributed by atoms with Gasteiger partial charge in [-0.2, -0.15) is 0 Å². The number of nitrogens with two attached hydrogens (primary N) is 1. The lowest BCUT2D eigenvalue weighted by atomic mass is 9.94. The maximum Gasteiger partial charge on any atom is 0.343 e. The standard InChI is InChI=1S/C13H25N5O2S/c1-4-8-18-11(20)16-17-12(18)21-9-6-5-7-13(2,15-3)10(14)19/h15H,4-9H2,1-3H3,(H2,14,19)(H,16,20).